The lowest BCUT2D eigenvalue weighted by molar-refractivity contribution is 0.565. The summed E-state index contributed by atoms with van der Waals surface area (Å²) in [6.07, 6.45) is 0. The Kier molecular flexibility index (Phi) is 3.28. The Hall–Kier alpha value is -0.590. The molecule has 6 heteroatoms. The average molecular weight is 259 g/mol. The van der Waals surface area contributed by atoms with Crippen molar-refractivity contribution in [2.45, 2.75) is 4.90 Å². The van der Waals surface area contributed by atoms with Gasteiger partial charge in [-0.25, -0.2) is 9.20 Å². The SMILES string of the molecule is O=S(=S)(OC1=NCCS1)c1ccccc1. The standard InChI is InChI=1S/C9H9NO2S3/c11-15(13,8-4-2-1-3-5-8)12-9-10-6-7-14-9/h1-5H,6-7H2. The molecule has 0 aromatic heterocycles. The molecule has 0 bridgehead atoms. The number of nitrogens with zero attached hydrogens (tertiary/aromatic N) is 1. The largest absolute Gasteiger partial charge is 0.370 e. The molecule has 0 amide bonds. The number of benzene rings is 1. The monoisotopic (exact) mass is 259 g/mol. The predicted molar refractivity (Wildman–Crippen MR) is 66.1 cm³/mol. The molecule has 80 valence electrons. The molecule has 0 spiro atoms. The van der Waals surface area contributed by atoms with Crippen LogP contribution in [-0.2, 0) is 24.1 Å². The number of rotatable bonds is 2. The molecule has 1 aliphatic heterocycles. The minimum atomic E-state index is -2.86. The van der Waals surface area contributed by atoms with E-state index in [1.165, 1.54) is 11.8 Å². The van der Waals surface area contributed by atoms with Crippen LogP contribution in [0.15, 0.2) is 40.2 Å². The average Bonchev–Trinajstić information content (AvgIpc) is 2.71. The quantitative estimate of drug-likeness (QED) is 0.812. The summed E-state index contributed by atoms with van der Waals surface area (Å²) in [4.78, 5) is 4.58. The lowest BCUT2D eigenvalue weighted by Gasteiger charge is -2.07. The first kappa shape index (κ1) is 10.9. The zero-order valence-electron chi connectivity index (χ0n) is 7.79. The lowest BCUT2D eigenvalue weighted by atomic mass is 10.4. The van der Waals surface area contributed by atoms with Gasteiger partial charge in [0, 0.05) is 16.9 Å². The molecule has 0 fully saturated rings. The second-order valence-corrected chi connectivity index (χ2v) is 6.76. The fourth-order valence-corrected chi connectivity index (χ4v) is 3.60. The van der Waals surface area contributed by atoms with E-state index in [1.807, 2.05) is 6.07 Å². The molecule has 2 rings (SSSR count). The smallest absolute Gasteiger partial charge is 0.262 e. The molecule has 1 atom stereocenters. The highest BCUT2D eigenvalue weighted by Gasteiger charge is 2.17. The van der Waals surface area contributed by atoms with E-state index in [2.05, 4.69) is 4.99 Å². The normalized spacial score (nSPS) is 19.3. The number of hydrogen-bond acceptors (Lipinski definition) is 5. The van der Waals surface area contributed by atoms with Crippen LogP contribution in [-0.4, -0.2) is 21.7 Å². The number of thioether (sulfide) groups is 1. The Balaban J connectivity index is 2.21. The van der Waals surface area contributed by atoms with E-state index in [4.69, 9.17) is 15.4 Å². The highest BCUT2D eigenvalue weighted by molar-refractivity contribution is 8.31. The van der Waals surface area contributed by atoms with E-state index in [0.717, 1.165) is 5.75 Å². The topological polar surface area (TPSA) is 38.7 Å². The molecule has 1 unspecified atom stereocenters. The van der Waals surface area contributed by atoms with Gasteiger partial charge in [0.25, 0.3) is 5.23 Å². The first-order valence-electron chi connectivity index (χ1n) is 4.35. The van der Waals surface area contributed by atoms with Crippen molar-refractivity contribution in [1.29, 1.82) is 0 Å². The van der Waals surface area contributed by atoms with Gasteiger partial charge in [0.15, 0.2) is 0 Å². The molecular formula is C9H9NO2S3. The van der Waals surface area contributed by atoms with Crippen molar-refractivity contribution >= 4 is 37.0 Å². The van der Waals surface area contributed by atoms with Gasteiger partial charge in [-0.3, -0.25) is 0 Å². The first-order chi connectivity index (χ1) is 7.18. The second-order valence-electron chi connectivity index (χ2n) is 2.85. The lowest BCUT2D eigenvalue weighted by Crippen LogP contribution is -2.08. The summed E-state index contributed by atoms with van der Waals surface area (Å²) in [6, 6.07) is 8.82. The van der Waals surface area contributed by atoms with E-state index in [-0.39, 0.29) is 0 Å². The molecular weight excluding hydrogens is 250 g/mol. The van der Waals surface area contributed by atoms with Crippen molar-refractivity contribution < 1.29 is 8.39 Å². The van der Waals surface area contributed by atoms with Gasteiger partial charge in [-0.2, -0.15) is 0 Å². The maximum atomic E-state index is 12.0. The Morgan fingerprint density at radius 2 is 2.13 bits per heavy atom. The third kappa shape index (κ3) is 2.70. The highest BCUT2D eigenvalue weighted by atomic mass is 32.8. The van der Waals surface area contributed by atoms with Crippen LogP contribution in [0.2, 0.25) is 0 Å². The van der Waals surface area contributed by atoms with Gasteiger partial charge in [-0.1, -0.05) is 30.0 Å². The highest BCUT2D eigenvalue weighted by Crippen LogP contribution is 2.19. The van der Waals surface area contributed by atoms with Gasteiger partial charge < -0.3 is 4.18 Å². The summed E-state index contributed by atoms with van der Waals surface area (Å²) in [5.74, 6) is 0.870. The van der Waals surface area contributed by atoms with Gasteiger partial charge >= 0.3 is 0 Å². The van der Waals surface area contributed by atoms with Crippen LogP contribution in [0.1, 0.15) is 0 Å². The summed E-state index contributed by atoms with van der Waals surface area (Å²) < 4.78 is 17.3. The molecule has 15 heavy (non-hydrogen) atoms. The van der Waals surface area contributed by atoms with E-state index in [0.29, 0.717) is 16.7 Å². The van der Waals surface area contributed by atoms with Gasteiger partial charge in [0.1, 0.15) is 0 Å². The van der Waals surface area contributed by atoms with Gasteiger partial charge in [-0.05, 0) is 12.1 Å². The van der Waals surface area contributed by atoms with Crippen molar-refractivity contribution in [1.82, 2.24) is 0 Å². The molecule has 0 N–H and O–H groups in total. The van der Waals surface area contributed by atoms with E-state index in [1.54, 1.807) is 24.3 Å². The number of aliphatic imine (C=N–C) groups is 1. The van der Waals surface area contributed by atoms with Crippen LogP contribution in [0, 0.1) is 0 Å². The molecule has 0 radical (unpaired) electrons. The fraction of sp³-hybridized carbons (Fsp3) is 0.222. The van der Waals surface area contributed by atoms with Crippen LogP contribution in [0.3, 0.4) is 0 Å². The summed E-state index contributed by atoms with van der Waals surface area (Å²) in [7, 11) is -2.86. The molecule has 3 nitrogen and oxygen atoms in total. The van der Waals surface area contributed by atoms with Gasteiger partial charge in [-0.15, -0.1) is 0 Å². The second kappa shape index (κ2) is 4.51. The van der Waals surface area contributed by atoms with Crippen molar-refractivity contribution in [2.75, 3.05) is 12.3 Å². The third-order valence-electron chi connectivity index (χ3n) is 1.77. The third-order valence-corrected chi connectivity index (χ3v) is 4.73. The van der Waals surface area contributed by atoms with Crippen LogP contribution in [0.25, 0.3) is 0 Å². The summed E-state index contributed by atoms with van der Waals surface area (Å²) in [6.45, 7) is 0.708. The molecule has 1 aromatic rings. The Morgan fingerprint density at radius 3 is 2.73 bits per heavy atom. The molecule has 1 aromatic carbocycles. The minimum Gasteiger partial charge on any atom is -0.370 e. The molecule has 0 aliphatic carbocycles. The van der Waals surface area contributed by atoms with Crippen molar-refractivity contribution in [3.63, 3.8) is 0 Å². The molecule has 0 saturated heterocycles. The van der Waals surface area contributed by atoms with Crippen LogP contribution >= 0.6 is 11.8 Å². The van der Waals surface area contributed by atoms with Crippen LogP contribution in [0.4, 0.5) is 0 Å². The van der Waals surface area contributed by atoms with E-state index >= 15 is 0 Å². The first-order valence-corrected chi connectivity index (χ1v) is 7.75. The maximum absolute atomic E-state index is 12.0. The summed E-state index contributed by atoms with van der Waals surface area (Å²) in [5.41, 5.74) is 0. The van der Waals surface area contributed by atoms with E-state index in [9.17, 15) is 4.21 Å². The molecule has 1 heterocycles. The fourth-order valence-electron chi connectivity index (χ4n) is 1.10. The minimum absolute atomic E-state index is 0.443. The Labute approximate surface area is 97.8 Å². The number of hydrogen-bond donors (Lipinski definition) is 0. The zero-order chi connectivity index (χ0) is 10.7. The maximum Gasteiger partial charge on any atom is 0.262 e. The summed E-state index contributed by atoms with van der Waals surface area (Å²) in [5, 5.41) is 0.443. The zero-order valence-corrected chi connectivity index (χ0v) is 10.2. The van der Waals surface area contributed by atoms with Crippen LogP contribution < -0.4 is 0 Å². The predicted octanol–water partition coefficient (Wildman–Crippen LogP) is 1.83. The van der Waals surface area contributed by atoms with Crippen molar-refractivity contribution in [3.8, 4) is 0 Å². The van der Waals surface area contributed by atoms with Gasteiger partial charge in [0.2, 0.25) is 8.77 Å². The van der Waals surface area contributed by atoms with Crippen molar-refractivity contribution in [3.05, 3.63) is 30.3 Å². The Morgan fingerprint density at radius 1 is 1.40 bits per heavy atom. The van der Waals surface area contributed by atoms with Crippen molar-refractivity contribution in [2.24, 2.45) is 4.99 Å². The Bertz CT molecular complexity index is 467. The van der Waals surface area contributed by atoms with E-state index < -0.39 is 8.77 Å². The molecule has 1 aliphatic rings. The molecule has 0 saturated carbocycles. The van der Waals surface area contributed by atoms with Gasteiger partial charge in [0.05, 0.1) is 11.4 Å². The summed E-state index contributed by atoms with van der Waals surface area (Å²) >= 11 is 6.40. The van der Waals surface area contributed by atoms with Crippen LogP contribution in [0.5, 0.6) is 0 Å².